The Bertz CT molecular complexity index is 1030. The first-order chi connectivity index (χ1) is 19.0. The largest absolute Gasteiger partial charge is 0.508 e. The van der Waals surface area contributed by atoms with Crippen molar-refractivity contribution in [3.63, 3.8) is 0 Å². The maximum absolute atomic E-state index is 11.7. The number of unbranched alkanes of at least 4 members (excludes halogenated alkanes) is 8. The van der Waals surface area contributed by atoms with Gasteiger partial charge in [0.05, 0.1) is 12.2 Å². The Hall–Kier alpha value is -2.79. The van der Waals surface area contributed by atoms with E-state index < -0.39 is 12.6 Å². The van der Waals surface area contributed by atoms with Gasteiger partial charge in [0.1, 0.15) is 24.7 Å². The number of hydrogen-bond donors (Lipinski definition) is 2. The molecular formula is C34H50O5. The van der Waals surface area contributed by atoms with Gasteiger partial charge in [0.2, 0.25) is 0 Å². The van der Waals surface area contributed by atoms with Crippen LogP contribution in [0.25, 0.3) is 11.1 Å². The van der Waals surface area contributed by atoms with Crippen LogP contribution >= 0.6 is 0 Å². The molecule has 2 rings (SSSR count). The van der Waals surface area contributed by atoms with E-state index in [1.165, 1.54) is 73.6 Å². The van der Waals surface area contributed by atoms with E-state index in [2.05, 4.69) is 45.5 Å². The highest BCUT2D eigenvalue weighted by Crippen LogP contribution is 2.37. The van der Waals surface area contributed by atoms with Crippen LogP contribution in [0, 0.1) is 0 Å². The Balaban J connectivity index is 2.28. The Labute approximate surface area is 236 Å². The van der Waals surface area contributed by atoms with Crippen molar-refractivity contribution < 1.29 is 24.5 Å². The van der Waals surface area contributed by atoms with Gasteiger partial charge < -0.3 is 19.7 Å². The number of aryl methyl sites for hydroxylation is 1. The molecule has 0 aromatic heterocycles. The molecular weight excluding hydrogens is 488 g/mol. The van der Waals surface area contributed by atoms with Crippen molar-refractivity contribution in [3.8, 4) is 22.6 Å². The summed E-state index contributed by atoms with van der Waals surface area (Å²) >= 11 is 0. The van der Waals surface area contributed by atoms with Gasteiger partial charge in [-0.3, -0.25) is 0 Å². The van der Waals surface area contributed by atoms with Crippen LogP contribution in [0.15, 0.2) is 42.5 Å². The molecule has 0 amide bonds. The Morgan fingerprint density at radius 2 is 1.44 bits per heavy atom. The number of phenolic OH excluding ortho intramolecular Hbond substituents is 1. The van der Waals surface area contributed by atoms with E-state index in [0.29, 0.717) is 5.75 Å². The van der Waals surface area contributed by atoms with Crippen LogP contribution in [0.4, 0.5) is 0 Å². The smallest absolute Gasteiger partial charge is 0.335 e. The lowest BCUT2D eigenvalue weighted by atomic mass is 9.87. The summed E-state index contributed by atoms with van der Waals surface area (Å²) in [6, 6.07) is 10.2. The highest BCUT2D eigenvalue weighted by Gasteiger charge is 2.16. The number of esters is 1. The van der Waals surface area contributed by atoms with E-state index in [-0.39, 0.29) is 18.8 Å². The highest BCUT2D eigenvalue weighted by molar-refractivity contribution is 5.87. The first-order valence-electron chi connectivity index (χ1n) is 15.0. The van der Waals surface area contributed by atoms with Crippen LogP contribution < -0.4 is 4.74 Å². The summed E-state index contributed by atoms with van der Waals surface area (Å²) in [5, 5.41) is 19.7. The Kier molecular flexibility index (Phi) is 15.4. The molecule has 0 saturated carbocycles. The molecule has 2 aromatic carbocycles. The zero-order chi connectivity index (χ0) is 28.5. The second-order valence-corrected chi connectivity index (χ2v) is 10.3. The third-order valence-electron chi connectivity index (χ3n) is 7.27. The number of rotatable bonds is 20. The quantitative estimate of drug-likeness (QED) is 0.101. The molecule has 5 heteroatoms. The second-order valence-electron chi connectivity index (χ2n) is 10.3. The van der Waals surface area contributed by atoms with Crippen LogP contribution in [0.3, 0.4) is 0 Å². The van der Waals surface area contributed by atoms with Gasteiger partial charge in [0, 0.05) is 0 Å². The standard InChI is InChI=1S/C34H50O5/c1-5-8-10-12-14-16-27-24-28(38-22-23-39-34(37)26(4)25-35)18-19-30(27)32-20-21-33(36)29(7-3)31(32)17-15-13-11-9-6-2/h18-21,24,35-36H,4-17,22-23,25H2,1-3H3. The van der Waals surface area contributed by atoms with E-state index in [1.54, 1.807) is 0 Å². The fourth-order valence-electron chi connectivity index (χ4n) is 5.03. The summed E-state index contributed by atoms with van der Waals surface area (Å²) < 4.78 is 11.0. The highest BCUT2D eigenvalue weighted by atomic mass is 16.6. The number of benzene rings is 2. The summed E-state index contributed by atoms with van der Waals surface area (Å²) in [6.07, 6.45) is 14.9. The van der Waals surface area contributed by atoms with Crippen molar-refractivity contribution in [3.05, 3.63) is 59.2 Å². The average Bonchev–Trinajstić information content (AvgIpc) is 2.95. The lowest BCUT2D eigenvalue weighted by molar-refractivity contribution is -0.140. The third-order valence-corrected chi connectivity index (χ3v) is 7.27. The SMILES string of the molecule is C=C(CO)C(=O)OCCOc1ccc(-c2ccc(O)c(CC)c2CCCCCCC)c(CCCCCCC)c1. The van der Waals surface area contributed by atoms with Crippen LogP contribution in [0.1, 0.15) is 102 Å². The Morgan fingerprint density at radius 1 is 0.795 bits per heavy atom. The van der Waals surface area contributed by atoms with E-state index in [1.807, 2.05) is 12.1 Å². The number of ether oxygens (including phenoxy) is 2. The van der Waals surface area contributed by atoms with Crippen molar-refractivity contribution in [2.24, 2.45) is 0 Å². The van der Waals surface area contributed by atoms with Gasteiger partial charge >= 0.3 is 5.97 Å². The van der Waals surface area contributed by atoms with E-state index in [4.69, 9.17) is 14.6 Å². The van der Waals surface area contributed by atoms with Gasteiger partial charge in [-0.05, 0) is 78.1 Å². The molecule has 0 unspecified atom stereocenters. The van der Waals surface area contributed by atoms with Crippen molar-refractivity contribution in [2.75, 3.05) is 19.8 Å². The van der Waals surface area contributed by atoms with Crippen molar-refractivity contribution >= 4 is 5.97 Å². The van der Waals surface area contributed by atoms with Gasteiger partial charge in [0.25, 0.3) is 0 Å². The van der Waals surface area contributed by atoms with Gasteiger partial charge in [-0.15, -0.1) is 0 Å². The molecule has 0 bridgehead atoms. The Morgan fingerprint density at radius 3 is 2.08 bits per heavy atom. The number of aliphatic hydroxyl groups excluding tert-OH is 1. The fourth-order valence-corrected chi connectivity index (χ4v) is 5.03. The zero-order valence-corrected chi connectivity index (χ0v) is 24.5. The molecule has 5 nitrogen and oxygen atoms in total. The van der Waals surface area contributed by atoms with Gasteiger partial charge in [-0.25, -0.2) is 4.79 Å². The molecule has 0 heterocycles. The van der Waals surface area contributed by atoms with Gasteiger partial charge in [-0.1, -0.05) is 90.8 Å². The molecule has 0 fully saturated rings. The maximum Gasteiger partial charge on any atom is 0.335 e. The molecule has 0 aliphatic rings. The predicted octanol–water partition coefficient (Wildman–Crippen LogP) is 8.12. The average molecular weight is 539 g/mol. The van der Waals surface area contributed by atoms with Crippen LogP contribution in [-0.4, -0.2) is 36.0 Å². The number of aromatic hydroxyl groups is 1. The summed E-state index contributed by atoms with van der Waals surface area (Å²) in [4.78, 5) is 11.7. The molecule has 39 heavy (non-hydrogen) atoms. The third kappa shape index (κ3) is 10.7. The minimum Gasteiger partial charge on any atom is -0.508 e. The van der Waals surface area contributed by atoms with Crippen molar-refractivity contribution in [2.45, 2.75) is 104 Å². The first kappa shape index (κ1) is 32.4. The normalized spacial score (nSPS) is 11.0. The summed E-state index contributed by atoms with van der Waals surface area (Å²) in [6.45, 7) is 9.97. The predicted molar refractivity (Wildman–Crippen MR) is 161 cm³/mol. The monoisotopic (exact) mass is 538 g/mol. The number of carbonyl (C=O) groups excluding carboxylic acids is 1. The summed E-state index contributed by atoms with van der Waals surface area (Å²) in [7, 11) is 0. The molecule has 0 spiro atoms. The number of hydrogen-bond acceptors (Lipinski definition) is 5. The molecule has 2 aromatic rings. The second kappa shape index (κ2) is 18.5. The molecule has 2 N–H and O–H groups in total. The van der Waals surface area contributed by atoms with E-state index in [9.17, 15) is 9.90 Å². The van der Waals surface area contributed by atoms with E-state index >= 15 is 0 Å². The van der Waals surface area contributed by atoms with E-state index in [0.717, 1.165) is 43.4 Å². The van der Waals surface area contributed by atoms with Crippen LogP contribution in [0.5, 0.6) is 11.5 Å². The minimum absolute atomic E-state index is 0.0335. The minimum atomic E-state index is -0.606. The fraction of sp³-hybridized carbons (Fsp3) is 0.559. The zero-order valence-electron chi connectivity index (χ0n) is 24.5. The number of aliphatic hydroxyl groups is 1. The molecule has 0 aliphatic heterocycles. The number of carbonyl (C=O) groups is 1. The lowest BCUT2D eigenvalue weighted by Gasteiger charge is -2.19. The summed E-state index contributed by atoms with van der Waals surface area (Å²) in [5.74, 6) is 0.532. The van der Waals surface area contributed by atoms with Gasteiger partial charge in [0.15, 0.2) is 0 Å². The van der Waals surface area contributed by atoms with Crippen LogP contribution in [0.2, 0.25) is 0 Å². The molecule has 216 valence electrons. The van der Waals surface area contributed by atoms with Crippen LogP contribution in [-0.2, 0) is 28.8 Å². The molecule has 0 aliphatic carbocycles. The molecule has 0 saturated heterocycles. The topological polar surface area (TPSA) is 76.0 Å². The molecule has 0 radical (unpaired) electrons. The van der Waals surface area contributed by atoms with Gasteiger partial charge in [-0.2, -0.15) is 0 Å². The van der Waals surface area contributed by atoms with Crippen molar-refractivity contribution in [1.29, 1.82) is 0 Å². The lowest BCUT2D eigenvalue weighted by Crippen LogP contribution is -2.15. The number of phenols is 1. The summed E-state index contributed by atoms with van der Waals surface area (Å²) in [5.41, 5.74) is 6.03. The van der Waals surface area contributed by atoms with Crippen molar-refractivity contribution in [1.82, 2.24) is 0 Å². The maximum atomic E-state index is 11.7. The first-order valence-corrected chi connectivity index (χ1v) is 15.0. The molecule has 0 atom stereocenters.